The van der Waals surface area contributed by atoms with Gasteiger partial charge in [0, 0.05) is 6.42 Å². The van der Waals surface area contributed by atoms with Gasteiger partial charge in [0.25, 0.3) is 0 Å². The number of hydrogen-bond donors (Lipinski definition) is 1. The first-order valence-electron chi connectivity index (χ1n) is 5.02. The van der Waals surface area contributed by atoms with Crippen molar-refractivity contribution >= 4 is 6.16 Å². The van der Waals surface area contributed by atoms with Gasteiger partial charge < -0.3 is 19.3 Å². The van der Waals surface area contributed by atoms with Crippen LogP contribution in [0.3, 0.4) is 0 Å². The Morgan fingerprint density at radius 3 is 2.67 bits per heavy atom. The molecule has 0 bridgehead atoms. The van der Waals surface area contributed by atoms with Gasteiger partial charge in [-0.15, -0.1) is 0 Å². The van der Waals surface area contributed by atoms with Crippen LogP contribution in [0.25, 0.3) is 0 Å². The number of carbonyl (C=O) groups excluding carboxylic acids is 1. The maximum Gasteiger partial charge on any atom is 0.508 e. The fourth-order valence-electron chi connectivity index (χ4n) is 1.24. The van der Waals surface area contributed by atoms with Gasteiger partial charge in [0.1, 0.15) is 12.2 Å². The first-order valence-corrected chi connectivity index (χ1v) is 5.02. The van der Waals surface area contributed by atoms with Crippen molar-refractivity contribution in [2.45, 2.75) is 45.0 Å². The number of carbonyl (C=O) groups is 1. The Morgan fingerprint density at radius 1 is 1.53 bits per heavy atom. The molecule has 0 amide bonds. The van der Waals surface area contributed by atoms with E-state index in [2.05, 4.69) is 0 Å². The lowest BCUT2D eigenvalue weighted by atomic mass is 10.2. The van der Waals surface area contributed by atoms with E-state index in [-0.39, 0.29) is 12.7 Å². The second kappa shape index (κ2) is 4.81. The van der Waals surface area contributed by atoms with Gasteiger partial charge in [0.2, 0.25) is 0 Å². The fourth-order valence-corrected chi connectivity index (χ4v) is 1.24. The van der Waals surface area contributed by atoms with Gasteiger partial charge in [-0.25, -0.2) is 4.79 Å². The Morgan fingerprint density at radius 2 is 2.20 bits per heavy atom. The SMILES string of the molecule is CC(C)(C)OC(=O)OCC1CC(O)CO1. The van der Waals surface area contributed by atoms with Crippen LogP contribution in [-0.4, -0.2) is 42.3 Å². The maximum absolute atomic E-state index is 11.1. The summed E-state index contributed by atoms with van der Waals surface area (Å²) < 4.78 is 15.0. The summed E-state index contributed by atoms with van der Waals surface area (Å²) in [7, 11) is 0. The molecule has 1 saturated heterocycles. The molecular formula is C10H18O5. The molecule has 2 unspecified atom stereocenters. The van der Waals surface area contributed by atoms with E-state index in [0.29, 0.717) is 13.0 Å². The van der Waals surface area contributed by atoms with Crippen molar-refractivity contribution < 1.29 is 24.1 Å². The van der Waals surface area contributed by atoms with Crippen molar-refractivity contribution in [2.75, 3.05) is 13.2 Å². The molecule has 15 heavy (non-hydrogen) atoms. The number of aliphatic hydroxyl groups excluding tert-OH is 1. The van der Waals surface area contributed by atoms with Gasteiger partial charge >= 0.3 is 6.16 Å². The largest absolute Gasteiger partial charge is 0.508 e. The molecule has 1 rings (SSSR count). The molecule has 1 fully saturated rings. The van der Waals surface area contributed by atoms with E-state index >= 15 is 0 Å². The smallest absolute Gasteiger partial charge is 0.432 e. The Labute approximate surface area is 89.3 Å². The first kappa shape index (κ1) is 12.3. The quantitative estimate of drug-likeness (QED) is 0.703. The zero-order valence-electron chi connectivity index (χ0n) is 9.36. The number of ether oxygens (including phenoxy) is 3. The van der Waals surface area contributed by atoms with Crippen molar-refractivity contribution in [1.82, 2.24) is 0 Å². The van der Waals surface area contributed by atoms with Gasteiger partial charge in [0.05, 0.1) is 18.8 Å². The Hall–Kier alpha value is -0.810. The second-order valence-electron chi connectivity index (χ2n) is 4.62. The molecule has 0 saturated carbocycles. The zero-order chi connectivity index (χ0) is 11.5. The van der Waals surface area contributed by atoms with Crippen LogP contribution in [0.15, 0.2) is 0 Å². The van der Waals surface area contributed by atoms with Crippen molar-refractivity contribution in [3.05, 3.63) is 0 Å². The normalized spacial score (nSPS) is 26.4. The monoisotopic (exact) mass is 218 g/mol. The molecule has 1 N–H and O–H groups in total. The fraction of sp³-hybridized carbons (Fsp3) is 0.900. The summed E-state index contributed by atoms with van der Waals surface area (Å²) in [5, 5.41) is 9.15. The molecule has 0 aromatic carbocycles. The van der Waals surface area contributed by atoms with Gasteiger partial charge in [-0.3, -0.25) is 0 Å². The van der Waals surface area contributed by atoms with Crippen LogP contribution in [0.2, 0.25) is 0 Å². The molecule has 0 aromatic heterocycles. The number of aliphatic hydroxyl groups is 1. The highest BCUT2D eigenvalue weighted by Gasteiger charge is 2.26. The van der Waals surface area contributed by atoms with Crippen LogP contribution in [0.4, 0.5) is 4.79 Å². The van der Waals surface area contributed by atoms with Crippen LogP contribution in [0.5, 0.6) is 0 Å². The van der Waals surface area contributed by atoms with Crippen LogP contribution >= 0.6 is 0 Å². The van der Waals surface area contributed by atoms with Gasteiger partial charge in [-0.2, -0.15) is 0 Å². The third kappa shape index (κ3) is 4.99. The maximum atomic E-state index is 11.1. The van der Waals surface area contributed by atoms with Crippen molar-refractivity contribution in [1.29, 1.82) is 0 Å². The highest BCUT2D eigenvalue weighted by atomic mass is 16.7. The molecule has 5 heteroatoms. The summed E-state index contributed by atoms with van der Waals surface area (Å²) in [4.78, 5) is 11.1. The van der Waals surface area contributed by atoms with Gasteiger partial charge in [0.15, 0.2) is 0 Å². The Balaban J connectivity index is 2.17. The van der Waals surface area contributed by atoms with Crippen molar-refractivity contribution in [3.8, 4) is 0 Å². The lowest BCUT2D eigenvalue weighted by Gasteiger charge is -2.19. The molecular weight excluding hydrogens is 200 g/mol. The van der Waals surface area contributed by atoms with E-state index in [1.807, 2.05) is 0 Å². The molecule has 1 aliphatic heterocycles. The van der Waals surface area contributed by atoms with E-state index in [0.717, 1.165) is 0 Å². The summed E-state index contributed by atoms with van der Waals surface area (Å²) in [6.07, 6.45) is -0.861. The van der Waals surface area contributed by atoms with Crippen molar-refractivity contribution in [2.24, 2.45) is 0 Å². The minimum Gasteiger partial charge on any atom is -0.432 e. The summed E-state index contributed by atoms with van der Waals surface area (Å²) in [5.74, 6) is 0. The summed E-state index contributed by atoms with van der Waals surface area (Å²) in [5.41, 5.74) is -0.548. The van der Waals surface area contributed by atoms with Crippen molar-refractivity contribution in [3.63, 3.8) is 0 Å². The summed E-state index contributed by atoms with van der Waals surface area (Å²) in [6.45, 7) is 5.74. The minimum atomic E-state index is -0.701. The second-order valence-corrected chi connectivity index (χ2v) is 4.62. The topological polar surface area (TPSA) is 65.0 Å². The lowest BCUT2D eigenvalue weighted by Crippen LogP contribution is -2.27. The molecule has 5 nitrogen and oxygen atoms in total. The van der Waals surface area contributed by atoms with E-state index in [1.165, 1.54) is 0 Å². The third-order valence-corrected chi connectivity index (χ3v) is 1.84. The average molecular weight is 218 g/mol. The minimum absolute atomic E-state index is 0.131. The molecule has 1 aliphatic rings. The highest BCUT2D eigenvalue weighted by Crippen LogP contribution is 2.14. The van der Waals surface area contributed by atoms with E-state index in [1.54, 1.807) is 20.8 Å². The average Bonchev–Trinajstić information content (AvgIpc) is 2.45. The molecule has 0 spiro atoms. The first-order chi connectivity index (χ1) is 6.87. The molecule has 0 aromatic rings. The zero-order valence-corrected chi connectivity index (χ0v) is 9.36. The van der Waals surface area contributed by atoms with E-state index < -0.39 is 17.9 Å². The van der Waals surface area contributed by atoms with Gasteiger partial charge in [-0.05, 0) is 20.8 Å². The summed E-state index contributed by atoms with van der Waals surface area (Å²) >= 11 is 0. The molecule has 1 heterocycles. The molecule has 88 valence electrons. The molecule has 2 atom stereocenters. The number of rotatable bonds is 2. The standard InChI is InChI=1S/C10H18O5/c1-10(2,3)15-9(12)14-6-8-4-7(11)5-13-8/h7-8,11H,4-6H2,1-3H3. The third-order valence-electron chi connectivity index (χ3n) is 1.84. The van der Waals surface area contributed by atoms with E-state index in [4.69, 9.17) is 19.3 Å². The van der Waals surface area contributed by atoms with Crippen LogP contribution < -0.4 is 0 Å². The predicted molar refractivity (Wildman–Crippen MR) is 52.5 cm³/mol. The van der Waals surface area contributed by atoms with Crippen LogP contribution in [-0.2, 0) is 14.2 Å². The number of hydrogen-bond acceptors (Lipinski definition) is 5. The van der Waals surface area contributed by atoms with Gasteiger partial charge in [-0.1, -0.05) is 0 Å². The molecule has 0 aliphatic carbocycles. The molecule has 0 radical (unpaired) electrons. The lowest BCUT2D eigenvalue weighted by molar-refractivity contribution is -0.0291. The Kier molecular flexibility index (Phi) is 3.93. The van der Waals surface area contributed by atoms with Crippen LogP contribution in [0.1, 0.15) is 27.2 Å². The Bertz CT molecular complexity index is 220. The predicted octanol–water partition coefficient (Wildman–Crippen LogP) is 1.09. The summed E-state index contributed by atoms with van der Waals surface area (Å²) in [6, 6.07) is 0. The van der Waals surface area contributed by atoms with E-state index in [9.17, 15) is 4.79 Å². The van der Waals surface area contributed by atoms with Crippen LogP contribution in [0, 0.1) is 0 Å². The highest BCUT2D eigenvalue weighted by molar-refractivity contribution is 5.60.